The van der Waals surface area contributed by atoms with Crippen LogP contribution in [0.2, 0.25) is 0 Å². The molecule has 0 fully saturated rings. The van der Waals surface area contributed by atoms with Gasteiger partial charge in [0, 0.05) is 29.8 Å². The summed E-state index contributed by atoms with van der Waals surface area (Å²) in [6.45, 7) is 0. The van der Waals surface area contributed by atoms with Gasteiger partial charge in [-0.15, -0.1) is 0 Å². The van der Waals surface area contributed by atoms with Crippen LogP contribution in [0.4, 0.5) is 17.6 Å². The molecule has 0 saturated carbocycles. The number of amides is 1. The van der Waals surface area contributed by atoms with Crippen molar-refractivity contribution in [3.8, 4) is 22.4 Å². The number of aryl methyl sites for hydroxylation is 1. The van der Waals surface area contributed by atoms with E-state index < -0.39 is 36.1 Å². The molecule has 8 heteroatoms. The minimum Gasteiger partial charge on any atom is -0.369 e. The summed E-state index contributed by atoms with van der Waals surface area (Å²) >= 11 is 0. The number of carbonyl (C=O) groups excluding carboxylic acids is 1. The molecular weight excluding hydrogens is 362 g/mol. The summed E-state index contributed by atoms with van der Waals surface area (Å²) in [6.07, 6.45) is -3.35. The third-order valence-electron chi connectivity index (χ3n) is 4.14. The Morgan fingerprint density at radius 2 is 1.78 bits per heavy atom. The Morgan fingerprint density at radius 3 is 2.37 bits per heavy atom. The Kier molecular flexibility index (Phi) is 4.98. The van der Waals surface area contributed by atoms with E-state index in [-0.39, 0.29) is 16.8 Å². The van der Waals surface area contributed by atoms with E-state index in [0.29, 0.717) is 11.1 Å². The number of nitrogens with two attached hydrogens (primary N) is 1. The predicted octanol–water partition coefficient (Wildman–Crippen LogP) is 4.00. The molecule has 27 heavy (non-hydrogen) atoms. The average Bonchev–Trinajstić information content (AvgIpc) is 2.91. The number of primary amides is 1. The van der Waals surface area contributed by atoms with Crippen molar-refractivity contribution in [3.05, 3.63) is 65.4 Å². The van der Waals surface area contributed by atoms with Crippen molar-refractivity contribution in [2.45, 2.75) is 12.8 Å². The molecule has 4 nitrogen and oxygen atoms in total. The van der Waals surface area contributed by atoms with Crippen LogP contribution in [-0.4, -0.2) is 15.7 Å². The van der Waals surface area contributed by atoms with Crippen LogP contribution in [0.3, 0.4) is 0 Å². The second-order valence-corrected chi connectivity index (χ2v) is 5.95. The molecule has 2 N–H and O–H groups in total. The van der Waals surface area contributed by atoms with Crippen molar-refractivity contribution >= 4 is 5.91 Å². The van der Waals surface area contributed by atoms with E-state index in [0.717, 1.165) is 12.1 Å². The van der Waals surface area contributed by atoms with Crippen LogP contribution in [0, 0.1) is 11.6 Å². The number of nitrogens with zero attached hydrogens (tertiary/aromatic N) is 2. The summed E-state index contributed by atoms with van der Waals surface area (Å²) in [4.78, 5) is 11.4. The monoisotopic (exact) mass is 377 g/mol. The number of hydrogen-bond acceptors (Lipinski definition) is 2. The SMILES string of the molecule is Cn1nc(C(F)F)c(CC(N)=O)c1-c1ccccc1-c1ccc(F)cc1F. The lowest BCUT2D eigenvalue weighted by Crippen LogP contribution is -2.15. The lowest BCUT2D eigenvalue weighted by Gasteiger charge is -2.13. The van der Waals surface area contributed by atoms with Gasteiger partial charge in [-0.05, 0) is 17.7 Å². The van der Waals surface area contributed by atoms with Gasteiger partial charge in [0.15, 0.2) is 0 Å². The van der Waals surface area contributed by atoms with Gasteiger partial charge >= 0.3 is 0 Å². The third-order valence-corrected chi connectivity index (χ3v) is 4.14. The highest BCUT2D eigenvalue weighted by Gasteiger charge is 2.26. The minimum absolute atomic E-state index is 0.0185. The van der Waals surface area contributed by atoms with Gasteiger partial charge in [0.25, 0.3) is 6.43 Å². The predicted molar refractivity (Wildman–Crippen MR) is 91.9 cm³/mol. The van der Waals surface area contributed by atoms with Gasteiger partial charge in [0.1, 0.15) is 17.3 Å². The van der Waals surface area contributed by atoms with Crippen molar-refractivity contribution < 1.29 is 22.4 Å². The number of aromatic nitrogens is 2. The first-order valence-electron chi connectivity index (χ1n) is 7.96. The van der Waals surface area contributed by atoms with Crippen LogP contribution in [-0.2, 0) is 18.3 Å². The zero-order valence-electron chi connectivity index (χ0n) is 14.2. The molecule has 0 unspecified atom stereocenters. The number of alkyl halides is 2. The van der Waals surface area contributed by atoms with Gasteiger partial charge < -0.3 is 5.73 Å². The second-order valence-electron chi connectivity index (χ2n) is 5.95. The summed E-state index contributed by atoms with van der Waals surface area (Å²) in [5.74, 6) is -2.32. The van der Waals surface area contributed by atoms with Crippen molar-refractivity contribution in [2.75, 3.05) is 0 Å². The van der Waals surface area contributed by atoms with Crippen molar-refractivity contribution in [1.82, 2.24) is 9.78 Å². The molecule has 1 heterocycles. The van der Waals surface area contributed by atoms with Crippen molar-refractivity contribution in [1.29, 1.82) is 0 Å². The van der Waals surface area contributed by atoms with Crippen LogP contribution in [0.5, 0.6) is 0 Å². The quantitative estimate of drug-likeness (QED) is 0.684. The molecule has 0 aliphatic heterocycles. The lowest BCUT2D eigenvalue weighted by atomic mass is 9.94. The molecule has 3 aromatic rings. The maximum Gasteiger partial charge on any atom is 0.282 e. The highest BCUT2D eigenvalue weighted by atomic mass is 19.3. The van der Waals surface area contributed by atoms with E-state index >= 15 is 0 Å². The highest BCUT2D eigenvalue weighted by molar-refractivity contribution is 5.86. The van der Waals surface area contributed by atoms with E-state index in [9.17, 15) is 22.4 Å². The summed E-state index contributed by atoms with van der Waals surface area (Å²) in [5, 5.41) is 3.82. The van der Waals surface area contributed by atoms with Crippen LogP contribution < -0.4 is 5.73 Å². The zero-order valence-corrected chi connectivity index (χ0v) is 14.2. The van der Waals surface area contributed by atoms with Gasteiger partial charge in [-0.1, -0.05) is 24.3 Å². The maximum absolute atomic E-state index is 14.3. The molecule has 3 rings (SSSR count). The van der Waals surface area contributed by atoms with Crippen LogP contribution in [0.25, 0.3) is 22.4 Å². The summed E-state index contributed by atoms with van der Waals surface area (Å²) < 4.78 is 55.6. The molecule has 0 aliphatic rings. The molecule has 0 atom stereocenters. The molecular formula is C19H15F4N3O. The fraction of sp³-hybridized carbons (Fsp3) is 0.158. The number of carbonyl (C=O) groups is 1. The van der Waals surface area contributed by atoms with Crippen molar-refractivity contribution in [2.24, 2.45) is 12.8 Å². The standard InChI is InChI=1S/C19H15F4N3O/c1-26-18(14(9-16(24)27)17(25-26)19(22)23)13-5-3-2-4-11(13)12-7-6-10(20)8-15(12)21/h2-8,19H,9H2,1H3,(H2,24,27). The van der Waals surface area contributed by atoms with E-state index in [1.54, 1.807) is 24.3 Å². The minimum atomic E-state index is -2.91. The number of benzene rings is 2. The zero-order chi connectivity index (χ0) is 19.7. The van der Waals surface area contributed by atoms with E-state index in [1.807, 2.05) is 0 Å². The van der Waals surface area contributed by atoms with Crippen LogP contribution in [0.1, 0.15) is 17.7 Å². The normalized spacial score (nSPS) is 11.2. The van der Waals surface area contributed by atoms with E-state index in [1.165, 1.54) is 17.8 Å². The van der Waals surface area contributed by atoms with Gasteiger partial charge in [0.05, 0.1) is 12.1 Å². The average molecular weight is 377 g/mol. The van der Waals surface area contributed by atoms with E-state index in [2.05, 4.69) is 5.10 Å². The summed E-state index contributed by atoms with van der Waals surface area (Å²) in [6, 6.07) is 9.56. The topological polar surface area (TPSA) is 60.9 Å². The largest absolute Gasteiger partial charge is 0.369 e. The maximum atomic E-state index is 14.3. The summed E-state index contributed by atoms with van der Waals surface area (Å²) in [5.41, 5.74) is 5.69. The fourth-order valence-electron chi connectivity index (χ4n) is 3.08. The summed E-state index contributed by atoms with van der Waals surface area (Å²) in [7, 11) is 1.45. The molecule has 140 valence electrons. The van der Waals surface area contributed by atoms with Gasteiger partial charge in [0.2, 0.25) is 5.91 Å². The Hall–Kier alpha value is -3.16. The number of rotatable bonds is 5. The Labute approximate surface area is 152 Å². The third kappa shape index (κ3) is 3.55. The molecule has 0 aliphatic carbocycles. The van der Waals surface area contributed by atoms with Gasteiger partial charge in [-0.25, -0.2) is 17.6 Å². The van der Waals surface area contributed by atoms with Crippen LogP contribution >= 0.6 is 0 Å². The molecule has 1 aromatic heterocycles. The first kappa shape index (κ1) is 18.6. The van der Waals surface area contributed by atoms with Gasteiger partial charge in [-0.2, -0.15) is 5.10 Å². The molecule has 0 bridgehead atoms. The van der Waals surface area contributed by atoms with Crippen molar-refractivity contribution in [3.63, 3.8) is 0 Å². The second kappa shape index (κ2) is 7.22. The first-order chi connectivity index (χ1) is 12.8. The lowest BCUT2D eigenvalue weighted by molar-refractivity contribution is -0.117. The number of hydrogen-bond donors (Lipinski definition) is 1. The molecule has 0 saturated heterocycles. The van der Waals surface area contributed by atoms with Gasteiger partial charge in [-0.3, -0.25) is 9.48 Å². The highest BCUT2D eigenvalue weighted by Crippen LogP contribution is 2.38. The molecule has 0 radical (unpaired) electrons. The Morgan fingerprint density at radius 1 is 1.11 bits per heavy atom. The fourth-order valence-corrected chi connectivity index (χ4v) is 3.08. The van der Waals surface area contributed by atoms with E-state index in [4.69, 9.17) is 5.73 Å². The van der Waals surface area contributed by atoms with Crippen LogP contribution in [0.15, 0.2) is 42.5 Å². The Balaban J connectivity index is 2.28. The molecule has 2 aromatic carbocycles. The molecule has 0 spiro atoms. The first-order valence-corrected chi connectivity index (χ1v) is 7.96. The number of halogens is 4. The Bertz CT molecular complexity index is 1010. The smallest absolute Gasteiger partial charge is 0.282 e. The molecule has 1 amide bonds.